The number of hydrogen-bond donors (Lipinski definition) is 0. The van der Waals surface area contributed by atoms with Crippen LogP contribution in [0.4, 0.5) is 4.39 Å². The van der Waals surface area contributed by atoms with Gasteiger partial charge in [0, 0.05) is 41.7 Å². The van der Waals surface area contributed by atoms with Crippen molar-refractivity contribution in [2.45, 2.75) is 40.0 Å². The third-order valence-electron chi connectivity index (χ3n) is 6.17. The van der Waals surface area contributed by atoms with Crippen molar-refractivity contribution in [1.29, 1.82) is 0 Å². The number of halogens is 1. The molecule has 2 aromatic carbocycles. The fourth-order valence-corrected chi connectivity index (χ4v) is 4.54. The molecule has 1 aromatic heterocycles. The lowest BCUT2D eigenvalue weighted by atomic mass is 9.88. The van der Waals surface area contributed by atoms with Crippen molar-refractivity contribution < 1.29 is 14.0 Å². The van der Waals surface area contributed by atoms with Gasteiger partial charge in [-0.05, 0) is 55.9 Å². The smallest absolute Gasteiger partial charge is 0.254 e. The maximum atomic E-state index is 13.6. The zero-order chi connectivity index (χ0) is 22.8. The molecule has 1 fully saturated rings. The number of nitrogens with zero attached hydrogens (tertiary/aromatic N) is 2. The summed E-state index contributed by atoms with van der Waals surface area (Å²) in [4.78, 5) is 32.4. The van der Waals surface area contributed by atoms with Crippen molar-refractivity contribution in [3.63, 3.8) is 0 Å². The van der Waals surface area contributed by atoms with Crippen LogP contribution < -0.4 is 0 Å². The van der Waals surface area contributed by atoms with Crippen LogP contribution in [0.1, 0.15) is 58.7 Å². The number of aryl methyl sites for hydroxylation is 1. The van der Waals surface area contributed by atoms with Crippen molar-refractivity contribution >= 4 is 22.6 Å². The molecule has 3 aromatic rings. The largest absolute Gasteiger partial charge is 0.339 e. The first-order valence-electron chi connectivity index (χ1n) is 11.3. The maximum Gasteiger partial charge on any atom is 0.254 e. The first kappa shape index (κ1) is 22.1. The molecule has 5 heteroatoms. The number of piperidine rings is 1. The number of fused-ring (bicyclic) bond motifs is 1. The monoisotopic (exact) mass is 432 g/mol. The summed E-state index contributed by atoms with van der Waals surface area (Å²) in [6, 6.07) is 14.1. The molecule has 0 atom stereocenters. The van der Waals surface area contributed by atoms with Crippen LogP contribution in [0, 0.1) is 24.6 Å². The van der Waals surface area contributed by atoms with E-state index in [1.165, 1.54) is 17.7 Å². The number of aromatic nitrogens is 1. The molecule has 0 unspecified atom stereocenters. The minimum atomic E-state index is -0.370. The standard InChI is InChI=1S/C27H29FN2O2/c1-17(2)14-19-4-6-20(7-5-19)26(31)21-10-12-30(13-11-21)27(32)24-15-18(3)29-25-16-22(28)8-9-23(24)25/h4-9,15-17,21H,10-14H2,1-3H3. The molecule has 166 valence electrons. The lowest BCUT2D eigenvalue weighted by Gasteiger charge is -2.31. The maximum absolute atomic E-state index is 13.6. The molecule has 0 spiro atoms. The van der Waals surface area contributed by atoms with Crippen molar-refractivity contribution in [2.75, 3.05) is 13.1 Å². The number of amides is 1. The van der Waals surface area contributed by atoms with Crippen LogP contribution in [0.3, 0.4) is 0 Å². The molecule has 0 aliphatic carbocycles. The highest BCUT2D eigenvalue weighted by Crippen LogP contribution is 2.26. The van der Waals surface area contributed by atoms with E-state index in [1.54, 1.807) is 24.0 Å². The van der Waals surface area contributed by atoms with Gasteiger partial charge in [0.2, 0.25) is 0 Å². The van der Waals surface area contributed by atoms with E-state index >= 15 is 0 Å². The Morgan fingerprint density at radius 3 is 2.41 bits per heavy atom. The Bertz CT molecular complexity index is 1140. The van der Waals surface area contributed by atoms with E-state index in [0.29, 0.717) is 54.0 Å². The average Bonchev–Trinajstić information content (AvgIpc) is 2.77. The second kappa shape index (κ2) is 9.19. The predicted octanol–water partition coefficient (Wildman–Crippen LogP) is 5.62. The van der Waals surface area contributed by atoms with Gasteiger partial charge in [-0.1, -0.05) is 38.1 Å². The Labute approximate surface area is 188 Å². The summed E-state index contributed by atoms with van der Waals surface area (Å²) < 4.78 is 13.6. The Hall–Kier alpha value is -3.08. The molecule has 1 amide bonds. The third-order valence-corrected chi connectivity index (χ3v) is 6.17. The number of benzene rings is 2. The van der Waals surface area contributed by atoms with E-state index in [0.717, 1.165) is 12.0 Å². The molecule has 4 nitrogen and oxygen atoms in total. The Balaban J connectivity index is 1.44. The highest BCUT2D eigenvalue weighted by Gasteiger charge is 2.29. The van der Waals surface area contributed by atoms with Crippen molar-refractivity contribution in [3.05, 3.63) is 76.7 Å². The molecule has 0 N–H and O–H groups in total. The lowest BCUT2D eigenvalue weighted by molar-refractivity contribution is 0.0652. The van der Waals surface area contributed by atoms with E-state index in [1.807, 2.05) is 24.3 Å². The van der Waals surface area contributed by atoms with Crippen LogP contribution in [-0.4, -0.2) is 34.7 Å². The number of hydrogen-bond acceptors (Lipinski definition) is 3. The fraction of sp³-hybridized carbons (Fsp3) is 0.370. The van der Waals surface area contributed by atoms with Gasteiger partial charge in [-0.25, -0.2) is 4.39 Å². The summed E-state index contributed by atoms with van der Waals surface area (Å²) in [6.07, 6.45) is 2.30. The first-order valence-corrected chi connectivity index (χ1v) is 11.3. The zero-order valence-electron chi connectivity index (χ0n) is 18.9. The number of ketones is 1. The topological polar surface area (TPSA) is 50.3 Å². The normalized spacial score (nSPS) is 14.8. The van der Waals surface area contributed by atoms with Gasteiger partial charge in [0.1, 0.15) is 5.82 Å². The van der Waals surface area contributed by atoms with Gasteiger partial charge in [0.05, 0.1) is 11.1 Å². The minimum Gasteiger partial charge on any atom is -0.339 e. The molecule has 4 rings (SSSR count). The molecule has 2 heterocycles. The molecule has 1 aliphatic heterocycles. The van der Waals surface area contributed by atoms with E-state index < -0.39 is 0 Å². The Morgan fingerprint density at radius 2 is 1.75 bits per heavy atom. The highest BCUT2D eigenvalue weighted by molar-refractivity contribution is 6.06. The van der Waals surface area contributed by atoms with Gasteiger partial charge in [0.15, 0.2) is 5.78 Å². The average molecular weight is 433 g/mol. The quantitative estimate of drug-likeness (QED) is 0.492. The number of pyridine rings is 1. The van der Waals surface area contributed by atoms with Crippen molar-refractivity contribution in [1.82, 2.24) is 9.88 Å². The molecule has 0 radical (unpaired) electrons. The second-order valence-electron chi connectivity index (χ2n) is 9.20. The van der Waals surface area contributed by atoms with Crippen molar-refractivity contribution in [2.24, 2.45) is 11.8 Å². The number of carbonyl (C=O) groups excluding carboxylic acids is 2. The van der Waals surface area contributed by atoms with Crippen LogP contribution in [-0.2, 0) is 6.42 Å². The second-order valence-corrected chi connectivity index (χ2v) is 9.20. The summed E-state index contributed by atoms with van der Waals surface area (Å²) in [6.45, 7) is 7.24. The van der Waals surface area contributed by atoms with Gasteiger partial charge >= 0.3 is 0 Å². The van der Waals surface area contributed by atoms with E-state index in [9.17, 15) is 14.0 Å². The van der Waals surface area contributed by atoms with Gasteiger partial charge in [-0.2, -0.15) is 0 Å². The van der Waals surface area contributed by atoms with Crippen molar-refractivity contribution in [3.8, 4) is 0 Å². The Morgan fingerprint density at radius 1 is 1.06 bits per heavy atom. The van der Waals surface area contributed by atoms with Crippen LogP contribution in [0.5, 0.6) is 0 Å². The molecule has 1 saturated heterocycles. The predicted molar refractivity (Wildman–Crippen MR) is 124 cm³/mol. The first-order chi connectivity index (χ1) is 15.3. The molecular weight excluding hydrogens is 403 g/mol. The zero-order valence-corrected chi connectivity index (χ0v) is 18.9. The fourth-order valence-electron chi connectivity index (χ4n) is 4.54. The number of carbonyl (C=O) groups is 2. The lowest BCUT2D eigenvalue weighted by Crippen LogP contribution is -2.40. The molecular formula is C27H29FN2O2. The van der Waals surface area contributed by atoms with Crippen LogP contribution in [0.15, 0.2) is 48.5 Å². The van der Waals surface area contributed by atoms with E-state index in [2.05, 4.69) is 18.8 Å². The summed E-state index contributed by atoms with van der Waals surface area (Å²) in [5.41, 5.74) is 3.70. The number of rotatable bonds is 5. The van der Waals surface area contributed by atoms with Gasteiger partial charge in [-0.3, -0.25) is 14.6 Å². The van der Waals surface area contributed by atoms with Gasteiger partial charge in [0.25, 0.3) is 5.91 Å². The molecule has 0 bridgehead atoms. The van der Waals surface area contributed by atoms with E-state index in [-0.39, 0.29) is 23.4 Å². The number of Topliss-reactive ketones (excluding diaryl/α,β-unsaturated/α-hetero) is 1. The molecule has 32 heavy (non-hydrogen) atoms. The van der Waals surface area contributed by atoms with Crippen LogP contribution in [0.2, 0.25) is 0 Å². The summed E-state index contributed by atoms with van der Waals surface area (Å²) >= 11 is 0. The summed E-state index contributed by atoms with van der Waals surface area (Å²) in [5, 5.41) is 0.654. The van der Waals surface area contributed by atoms with E-state index in [4.69, 9.17) is 0 Å². The van der Waals surface area contributed by atoms with Crippen LogP contribution in [0.25, 0.3) is 10.9 Å². The molecule has 1 aliphatic rings. The number of likely N-dealkylation sites (tertiary alicyclic amines) is 1. The van der Waals surface area contributed by atoms with Gasteiger partial charge < -0.3 is 4.90 Å². The minimum absolute atomic E-state index is 0.0694. The summed E-state index contributed by atoms with van der Waals surface area (Å²) in [5.74, 6) is 0.217. The third kappa shape index (κ3) is 4.72. The van der Waals surface area contributed by atoms with Gasteiger partial charge in [-0.15, -0.1) is 0 Å². The highest BCUT2D eigenvalue weighted by atomic mass is 19.1. The van der Waals surface area contributed by atoms with Crippen LogP contribution >= 0.6 is 0 Å². The SMILES string of the molecule is Cc1cc(C(=O)N2CCC(C(=O)c3ccc(CC(C)C)cc3)CC2)c2ccc(F)cc2n1. The molecule has 0 saturated carbocycles. The summed E-state index contributed by atoms with van der Waals surface area (Å²) in [7, 11) is 0. The Kier molecular flexibility index (Phi) is 6.35.